The molecule has 1 fully saturated rings. The zero-order valence-electron chi connectivity index (χ0n) is 17.1. The number of nitrogens with one attached hydrogen (secondary N) is 3. The molecule has 3 amide bonds. The van der Waals surface area contributed by atoms with Crippen molar-refractivity contribution in [3.05, 3.63) is 29.3 Å². The van der Waals surface area contributed by atoms with Gasteiger partial charge >= 0.3 is 6.03 Å². The zero-order valence-corrected chi connectivity index (χ0v) is 17.1. The molecular weight excluding hydrogens is 396 g/mol. The molecule has 1 aromatic rings. The Kier molecular flexibility index (Phi) is 7.99. The number of carbonyl (C=O) groups is 3. The van der Waals surface area contributed by atoms with Gasteiger partial charge in [0.15, 0.2) is 0 Å². The van der Waals surface area contributed by atoms with Gasteiger partial charge in [0.2, 0.25) is 6.41 Å². The molecule has 10 heteroatoms. The second-order valence-corrected chi connectivity index (χ2v) is 7.13. The Hall–Kier alpha value is -2.88. The SMILES string of the molecule is CCCN(C(=N)c1ccc(C2CCN(CC=O)CC2(F)F)cc1NC)C(=O)NC=O. The number of benzene rings is 1. The van der Waals surface area contributed by atoms with E-state index < -0.39 is 24.4 Å². The quantitative estimate of drug-likeness (QED) is 0.338. The minimum Gasteiger partial charge on any atom is -0.388 e. The molecule has 1 aromatic carbocycles. The first-order valence-electron chi connectivity index (χ1n) is 9.75. The van der Waals surface area contributed by atoms with Gasteiger partial charge in [-0.25, -0.2) is 13.6 Å². The van der Waals surface area contributed by atoms with Gasteiger partial charge in [0.05, 0.1) is 19.0 Å². The Labute approximate surface area is 174 Å². The monoisotopic (exact) mass is 423 g/mol. The van der Waals surface area contributed by atoms with Crippen molar-refractivity contribution in [1.29, 1.82) is 5.41 Å². The summed E-state index contributed by atoms with van der Waals surface area (Å²) in [6.45, 7) is 1.93. The number of amidine groups is 1. The van der Waals surface area contributed by atoms with E-state index in [1.807, 2.05) is 12.2 Å². The summed E-state index contributed by atoms with van der Waals surface area (Å²) in [6.07, 6.45) is 1.63. The Morgan fingerprint density at radius 1 is 1.40 bits per heavy atom. The molecule has 0 saturated carbocycles. The molecule has 1 saturated heterocycles. The molecule has 30 heavy (non-hydrogen) atoms. The lowest BCUT2D eigenvalue weighted by molar-refractivity contribution is -0.114. The van der Waals surface area contributed by atoms with Gasteiger partial charge in [-0.05, 0) is 37.1 Å². The van der Waals surface area contributed by atoms with Crippen LogP contribution in [0.1, 0.15) is 36.8 Å². The molecule has 1 aliphatic rings. The average Bonchev–Trinajstić information content (AvgIpc) is 2.71. The van der Waals surface area contributed by atoms with Crippen molar-refractivity contribution in [1.82, 2.24) is 15.1 Å². The molecule has 164 valence electrons. The standard InChI is InChI=1S/C20H27F2N5O3/c1-3-7-27(19(30)25-13-29)18(23)15-5-4-14(11-17(15)24-2)16-6-8-26(9-10-28)12-20(16,21)22/h4-5,10-11,13,16,23-24H,3,6-9,12H2,1-2H3,(H,25,29,30). The second kappa shape index (κ2) is 10.2. The highest BCUT2D eigenvalue weighted by Crippen LogP contribution is 2.41. The average molecular weight is 423 g/mol. The number of hydrogen-bond donors (Lipinski definition) is 3. The summed E-state index contributed by atoms with van der Waals surface area (Å²) < 4.78 is 29.5. The van der Waals surface area contributed by atoms with Gasteiger partial charge in [-0.3, -0.25) is 25.3 Å². The number of halogens is 2. The Morgan fingerprint density at radius 3 is 2.70 bits per heavy atom. The number of nitrogens with zero attached hydrogens (tertiary/aromatic N) is 2. The van der Waals surface area contributed by atoms with Gasteiger partial charge in [0, 0.05) is 24.8 Å². The number of hydrogen-bond acceptors (Lipinski definition) is 6. The van der Waals surface area contributed by atoms with Crippen LogP contribution in [0.3, 0.4) is 0 Å². The Bertz CT molecular complexity index is 803. The molecule has 8 nitrogen and oxygen atoms in total. The third kappa shape index (κ3) is 5.18. The van der Waals surface area contributed by atoms with Crippen molar-refractivity contribution >= 4 is 30.3 Å². The van der Waals surface area contributed by atoms with E-state index in [1.165, 1.54) is 11.0 Å². The van der Waals surface area contributed by atoms with Gasteiger partial charge in [-0.2, -0.15) is 0 Å². The number of anilines is 1. The van der Waals surface area contributed by atoms with E-state index in [2.05, 4.69) is 5.32 Å². The minimum atomic E-state index is -3.00. The molecule has 0 spiro atoms. The summed E-state index contributed by atoms with van der Waals surface area (Å²) in [6, 6.07) is 3.92. The van der Waals surface area contributed by atoms with Gasteiger partial charge in [-0.15, -0.1) is 0 Å². The fraction of sp³-hybridized carbons (Fsp3) is 0.500. The Morgan fingerprint density at radius 2 is 2.13 bits per heavy atom. The van der Waals surface area contributed by atoms with Crippen molar-refractivity contribution in [3.8, 4) is 0 Å². The topological polar surface area (TPSA) is 106 Å². The number of piperidine rings is 1. The lowest BCUT2D eigenvalue weighted by Crippen LogP contribution is -2.48. The third-order valence-corrected chi connectivity index (χ3v) is 5.13. The van der Waals surface area contributed by atoms with E-state index >= 15 is 0 Å². The van der Waals surface area contributed by atoms with Gasteiger partial charge < -0.3 is 10.1 Å². The summed E-state index contributed by atoms with van der Waals surface area (Å²) in [7, 11) is 1.61. The number of amides is 3. The summed E-state index contributed by atoms with van der Waals surface area (Å²) in [5.74, 6) is -4.15. The molecule has 0 radical (unpaired) electrons. The number of urea groups is 1. The number of alkyl halides is 2. The highest BCUT2D eigenvalue weighted by molar-refractivity contribution is 6.10. The molecule has 1 aliphatic heterocycles. The van der Waals surface area contributed by atoms with E-state index in [4.69, 9.17) is 5.41 Å². The molecule has 3 N–H and O–H groups in total. The van der Waals surface area contributed by atoms with Crippen molar-refractivity contribution in [2.75, 3.05) is 38.5 Å². The Balaban J connectivity index is 2.32. The highest BCUT2D eigenvalue weighted by atomic mass is 19.3. The van der Waals surface area contributed by atoms with Gasteiger partial charge in [0.1, 0.15) is 12.1 Å². The summed E-state index contributed by atoms with van der Waals surface area (Å²) in [5.41, 5.74) is 1.21. The molecule has 1 atom stereocenters. The highest BCUT2D eigenvalue weighted by Gasteiger charge is 2.45. The number of carbonyl (C=O) groups excluding carboxylic acids is 3. The molecular formula is C20H27F2N5O3. The van der Waals surface area contributed by atoms with Crippen molar-refractivity contribution < 1.29 is 23.2 Å². The molecule has 0 bridgehead atoms. The van der Waals surface area contributed by atoms with E-state index in [9.17, 15) is 23.2 Å². The molecule has 1 heterocycles. The molecule has 1 unspecified atom stereocenters. The largest absolute Gasteiger partial charge is 0.388 e. The van der Waals surface area contributed by atoms with Crippen LogP contribution in [-0.2, 0) is 9.59 Å². The van der Waals surface area contributed by atoms with Crippen LogP contribution in [0, 0.1) is 5.41 Å². The van der Waals surface area contributed by atoms with E-state index in [0.717, 1.165) is 4.90 Å². The minimum absolute atomic E-state index is 0.0176. The first-order valence-corrected chi connectivity index (χ1v) is 9.75. The molecule has 0 aromatic heterocycles. The fourth-order valence-corrected chi connectivity index (χ4v) is 3.69. The van der Waals surface area contributed by atoms with E-state index in [0.29, 0.717) is 36.1 Å². The van der Waals surface area contributed by atoms with E-state index in [-0.39, 0.29) is 31.8 Å². The summed E-state index contributed by atoms with van der Waals surface area (Å²) in [5, 5.41) is 13.4. The molecule has 2 rings (SSSR count). The number of imide groups is 1. The first kappa shape index (κ1) is 23.4. The van der Waals surface area contributed by atoms with Crippen LogP contribution in [0.2, 0.25) is 0 Å². The maximum atomic E-state index is 14.7. The lowest BCUT2D eigenvalue weighted by atomic mass is 9.85. The maximum Gasteiger partial charge on any atom is 0.329 e. The van der Waals surface area contributed by atoms with Crippen LogP contribution in [0.5, 0.6) is 0 Å². The van der Waals surface area contributed by atoms with Crippen LogP contribution < -0.4 is 10.6 Å². The number of aldehydes is 1. The van der Waals surface area contributed by atoms with Crippen molar-refractivity contribution in [2.45, 2.75) is 31.6 Å². The maximum absolute atomic E-state index is 14.7. The molecule has 0 aliphatic carbocycles. The summed E-state index contributed by atoms with van der Waals surface area (Å²) >= 11 is 0. The van der Waals surface area contributed by atoms with Crippen LogP contribution in [0.15, 0.2) is 18.2 Å². The van der Waals surface area contributed by atoms with Crippen LogP contribution in [-0.4, -0.2) is 73.5 Å². The van der Waals surface area contributed by atoms with Crippen molar-refractivity contribution in [2.24, 2.45) is 0 Å². The zero-order chi connectivity index (χ0) is 22.3. The van der Waals surface area contributed by atoms with Gasteiger partial charge in [0.25, 0.3) is 5.92 Å². The smallest absolute Gasteiger partial charge is 0.329 e. The lowest BCUT2D eigenvalue weighted by Gasteiger charge is -2.38. The second-order valence-electron chi connectivity index (χ2n) is 7.13. The predicted molar refractivity (Wildman–Crippen MR) is 109 cm³/mol. The van der Waals surface area contributed by atoms with Crippen LogP contribution in [0.25, 0.3) is 0 Å². The number of likely N-dealkylation sites (tertiary alicyclic amines) is 1. The normalized spacial score (nSPS) is 18.3. The number of rotatable bonds is 8. The first-order chi connectivity index (χ1) is 14.3. The summed E-state index contributed by atoms with van der Waals surface area (Å²) in [4.78, 5) is 35.9. The van der Waals surface area contributed by atoms with E-state index in [1.54, 1.807) is 19.2 Å². The van der Waals surface area contributed by atoms with Crippen LogP contribution >= 0.6 is 0 Å². The predicted octanol–water partition coefficient (Wildman–Crippen LogP) is 2.26. The third-order valence-electron chi connectivity index (χ3n) is 5.13. The van der Waals surface area contributed by atoms with Crippen molar-refractivity contribution in [3.63, 3.8) is 0 Å². The fourth-order valence-electron chi connectivity index (χ4n) is 3.69. The van der Waals surface area contributed by atoms with Crippen LogP contribution in [0.4, 0.5) is 19.3 Å². The van der Waals surface area contributed by atoms with Gasteiger partial charge in [-0.1, -0.05) is 13.0 Å².